The van der Waals surface area contributed by atoms with E-state index in [2.05, 4.69) is 9.97 Å². The Morgan fingerprint density at radius 1 is 1.18 bits per heavy atom. The second kappa shape index (κ2) is 8.30. The lowest BCUT2D eigenvalue weighted by atomic mass is 10.2. The van der Waals surface area contributed by atoms with E-state index in [0.717, 1.165) is 17.0 Å². The summed E-state index contributed by atoms with van der Waals surface area (Å²) in [6.07, 6.45) is 0. The number of nitrogens with one attached hydrogen (secondary N) is 1. The zero-order chi connectivity index (χ0) is 19.5. The number of ether oxygens (including phenoxy) is 1. The predicted molar refractivity (Wildman–Crippen MR) is 118 cm³/mol. The van der Waals surface area contributed by atoms with Crippen LogP contribution in [0.4, 0.5) is 0 Å². The molecule has 2 aromatic carbocycles. The highest BCUT2D eigenvalue weighted by molar-refractivity contribution is 7.99. The Balaban J connectivity index is 1.58. The van der Waals surface area contributed by atoms with E-state index in [1.807, 2.05) is 66.1 Å². The maximum atomic E-state index is 12.5. The van der Waals surface area contributed by atoms with Gasteiger partial charge in [0.1, 0.15) is 10.4 Å². The van der Waals surface area contributed by atoms with Gasteiger partial charge in [-0.2, -0.15) is 0 Å². The Morgan fingerprint density at radius 3 is 2.68 bits per heavy atom. The number of para-hydroxylation sites is 1. The molecule has 0 aliphatic rings. The van der Waals surface area contributed by atoms with Crippen molar-refractivity contribution in [1.82, 2.24) is 14.5 Å². The molecule has 0 unspecified atom stereocenters. The molecule has 8 heteroatoms. The molecule has 0 amide bonds. The molecule has 0 bridgehead atoms. The fraction of sp³-hybridized carbons (Fsp3) is 0.150. The zero-order valence-corrected chi connectivity index (χ0v) is 17.5. The number of thioether (sulfide) groups is 1. The van der Waals surface area contributed by atoms with Crippen LogP contribution in [0.3, 0.4) is 0 Å². The Hall–Kier alpha value is -2.42. The van der Waals surface area contributed by atoms with Gasteiger partial charge in [0, 0.05) is 11.4 Å². The number of aryl methyl sites for hydroxylation is 1. The summed E-state index contributed by atoms with van der Waals surface area (Å²) in [6, 6.07) is 17.7. The van der Waals surface area contributed by atoms with Gasteiger partial charge in [0.15, 0.2) is 14.8 Å². The first-order valence-electron chi connectivity index (χ1n) is 8.65. The standard InChI is InChI=1S/C20H17N3O2S3/c1-13-7-9-14(10-8-13)23-17-16(28-20(23)26)18(24)22-19(21-17)27-12-11-25-15-5-3-2-4-6-15/h2-10H,11-12H2,1H3,(H,21,22,24). The summed E-state index contributed by atoms with van der Waals surface area (Å²) < 4.78 is 8.69. The first-order valence-corrected chi connectivity index (χ1v) is 10.9. The van der Waals surface area contributed by atoms with E-state index in [4.69, 9.17) is 17.0 Å². The predicted octanol–water partition coefficient (Wildman–Crippen LogP) is 4.98. The molecule has 2 aromatic heterocycles. The normalized spacial score (nSPS) is 11.0. The summed E-state index contributed by atoms with van der Waals surface area (Å²) in [7, 11) is 0. The minimum atomic E-state index is -0.168. The average molecular weight is 428 g/mol. The number of fused-ring (bicyclic) bond motifs is 1. The number of aromatic nitrogens is 3. The highest BCUT2D eigenvalue weighted by Gasteiger charge is 2.13. The van der Waals surface area contributed by atoms with E-state index in [-0.39, 0.29) is 5.56 Å². The van der Waals surface area contributed by atoms with Crippen LogP contribution in [0.5, 0.6) is 5.75 Å². The van der Waals surface area contributed by atoms with Crippen molar-refractivity contribution in [3.05, 3.63) is 74.5 Å². The maximum absolute atomic E-state index is 12.5. The summed E-state index contributed by atoms with van der Waals surface area (Å²) in [4.78, 5) is 20.0. The number of hydrogen-bond donors (Lipinski definition) is 1. The van der Waals surface area contributed by atoms with Crippen LogP contribution in [0.25, 0.3) is 16.0 Å². The first-order chi connectivity index (χ1) is 13.6. The molecule has 4 aromatic rings. The van der Waals surface area contributed by atoms with Crippen LogP contribution in [0.15, 0.2) is 64.5 Å². The number of hydrogen-bond acceptors (Lipinski definition) is 6. The second-order valence-electron chi connectivity index (χ2n) is 6.07. The molecule has 28 heavy (non-hydrogen) atoms. The van der Waals surface area contributed by atoms with Gasteiger partial charge in [-0.25, -0.2) is 4.98 Å². The fourth-order valence-corrected chi connectivity index (χ4v) is 4.65. The topological polar surface area (TPSA) is 59.9 Å². The molecule has 1 N–H and O–H groups in total. The molecule has 2 heterocycles. The molecule has 5 nitrogen and oxygen atoms in total. The Kier molecular flexibility index (Phi) is 5.61. The van der Waals surface area contributed by atoms with Crippen LogP contribution in [-0.4, -0.2) is 26.9 Å². The van der Waals surface area contributed by atoms with Gasteiger partial charge in [-0.3, -0.25) is 9.36 Å². The van der Waals surface area contributed by atoms with Crippen molar-refractivity contribution in [2.24, 2.45) is 0 Å². The molecule has 0 atom stereocenters. The zero-order valence-electron chi connectivity index (χ0n) is 15.0. The van der Waals surface area contributed by atoms with Crippen molar-refractivity contribution in [2.75, 3.05) is 12.4 Å². The van der Waals surface area contributed by atoms with Crippen molar-refractivity contribution in [3.8, 4) is 11.4 Å². The summed E-state index contributed by atoms with van der Waals surface area (Å²) in [5.74, 6) is 1.49. The Morgan fingerprint density at radius 2 is 1.93 bits per heavy atom. The molecule has 0 saturated heterocycles. The molecule has 0 aliphatic heterocycles. The Bertz CT molecular complexity index is 1210. The van der Waals surface area contributed by atoms with Crippen LogP contribution < -0.4 is 10.3 Å². The van der Waals surface area contributed by atoms with Crippen molar-refractivity contribution < 1.29 is 4.74 Å². The molecule has 4 rings (SSSR count). The molecule has 0 fully saturated rings. The third-order valence-corrected chi connectivity index (χ3v) is 6.25. The molecule has 0 aliphatic carbocycles. The molecular weight excluding hydrogens is 410 g/mol. The van der Waals surface area contributed by atoms with Crippen molar-refractivity contribution in [2.45, 2.75) is 12.1 Å². The van der Waals surface area contributed by atoms with E-state index in [1.54, 1.807) is 0 Å². The fourth-order valence-electron chi connectivity index (χ4n) is 2.70. The summed E-state index contributed by atoms with van der Waals surface area (Å²) in [5.41, 5.74) is 2.49. The minimum Gasteiger partial charge on any atom is -0.493 e. The van der Waals surface area contributed by atoms with Crippen LogP contribution in [0.2, 0.25) is 0 Å². The molecular formula is C20H17N3O2S3. The number of thiazole rings is 1. The number of benzene rings is 2. The summed E-state index contributed by atoms with van der Waals surface area (Å²) >= 11 is 8.22. The minimum absolute atomic E-state index is 0.168. The van der Waals surface area contributed by atoms with Crippen LogP contribution in [0, 0.1) is 10.9 Å². The summed E-state index contributed by atoms with van der Waals surface area (Å²) in [5, 5.41) is 0.558. The maximum Gasteiger partial charge on any atom is 0.271 e. The van der Waals surface area contributed by atoms with E-state index >= 15 is 0 Å². The van der Waals surface area contributed by atoms with Crippen molar-refractivity contribution >= 4 is 45.7 Å². The van der Waals surface area contributed by atoms with E-state index < -0.39 is 0 Å². The lowest BCUT2D eigenvalue weighted by molar-refractivity contribution is 0.344. The van der Waals surface area contributed by atoms with Gasteiger partial charge in [-0.05, 0) is 43.4 Å². The first kappa shape index (κ1) is 18.9. The highest BCUT2D eigenvalue weighted by Crippen LogP contribution is 2.25. The van der Waals surface area contributed by atoms with Crippen LogP contribution >= 0.6 is 35.3 Å². The van der Waals surface area contributed by atoms with Crippen molar-refractivity contribution in [3.63, 3.8) is 0 Å². The van der Waals surface area contributed by atoms with Crippen LogP contribution in [0.1, 0.15) is 5.56 Å². The second-order valence-corrected chi connectivity index (χ2v) is 8.80. The van der Waals surface area contributed by atoms with Gasteiger partial charge in [-0.15, -0.1) is 0 Å². The lowest BCUT2D eigenvalue weighted by Gasteiger charge is -2.07. The number of H-pyrrole nitrogens is 1. The monoisotopic (exact) mass is 427 g/mol. The smallest absolute Gasteiger partial charge is 0.271 e. The molecule has 0 saturated carbocycles. The van der Waals surface area contributed by atoms with Gasteiger partial charge in [0.05, 0.1) is 6.61 Å². The van der Waals surface area contributed by atoms with E-state index in [0.29, 0.717) is 31.8 Å². The molecule has 0 radical (unpaired) electrons. The third kappa shape index (κ3) is 4.04. The molecule has 0 spiro atoms. The van der Waals surface area contributed by atoms with Gasteiger partial charge >= 0.3 is 0 Å². The number of rotatable bonds is 6. The van der Waals surface area contributed by atoms with Gasteiger partial charge < -0.3 is 9.72 Å². The van der Waals surface area contributed by atoms with Gasteiger partial charge in [-0.1, -0.05) is 59.0 Å². The SMILES string of the molecule is Cc1ccc(-n2c(=S)sc3c(=O)[nH]c(SCCOc4ccccc4)nc32)cc1. The lowest BCUT2D eigenvalue weighted by Crippen LogP contribution is -2.10. The van der Waals surface area contributed by atoms with Gasteiger partial charge in [0.25, 0.3) is 5.56 Å². The third-order valence-electron chi connectivity index (χ3n) is 4.05. The van der Waals surface area contributed by atoms with E-state index in [1.165, 1.54) is 23.1 Å². The number of nitrogens with zero attached hydrogens (tertiary/aromatic N) is 2. The highest BCUT2D eigenvalue weighted by atomic mass is 32.2. The largest absolute Gasteiger partial charge is 0.493 e. The van der Waals surface area contributed by atoms with Crippen LogP contribution in [-0.2, 0) is 0 Å². The number of aromatic amines is 1. The quantitative estimate of drug-likeness (QED) is 0.203. The van der Waals surface area contributed by atoms with Gasteiger partial charge in [0.2, 0.25) is 0 Å². The van der Waals surface area contributed by atoms with E-state index in [9.17, 15) is 4.79 Å². The molecule has 142 valence electrons. The van der Waals surface area contributed by atoms with Crippen molar-refractivity contribution in [1.29, 1.82) is 0 Å². The average Bonchev–Trinajstić information content (AvgIpc) is 3.03. The Labute approximate surface area is 175 Å². The summed E-state index contributed by atoms with van der Waals surface area (Å²) in [6.45, 7) is 2.55.